The van der Waals surface area contributed by atoms with Gasteiger partial charge < -0.3 is 20.9 Å². The third kappa shape index (κ3) is 6.97. The molecule has 0 aromatic heterocycles. The van der Waals surface area contributed by atoms with Crippen LogP contribution in [0.2, 0.25) is 5.02 Å². The first-order valence-electron chi connectivity index (χ1n) is 6.63. The Morgan fingerprint density at radius 3 is 2.76 bits per heavy atom. The predicted molar refractivity (Wildman–Crippen MR) is 79.4 cm³/mol. The van der Waals surface area contributed by atoms with Crippen molar-refractivity contribution in [3.63, 3.8) is 0 Å². The van der Waals surface area contributed by atoms with E-state index in [1.165, 1.54) is 0 Å². The quantitative estimate of drug-likeness (QED) is 0.598. The number of amides is 1. The normalized spacial score (nSPS) is 11.7. The first-order valence-corrected chi connectivity index (χ1v) is 7.01. The Kier molecular flexibility index (Phi) is 7.56. The molecular formula is C14H19ClN2O4. The molecule has 0 aliphatic heterocycles. The summed E-state index contributed by atoms with van der Waals surface area (Å²) in [7, 11) is 0. The fraction of sp³-hybridized carbons (Fsp3) is 0.429. The van der Waals surface area contributed by atoms with Gasteiger partial charge in [-0.1, -0.05) is 17.7 Å². The number of nitrogens with one attached hydrogen (secondary N) is 1. The maximum Gasteiger partial charge on any atom is 0.326 e. The van der Waals surface area contributed by atoms with Gasteiger partial charge in [-0.2, -0.15) is 0 Å². The lowest BCUT2D eigenvalue weighted by molar-refractivity contribution is -0.142. The Balaban J connectivity index is 2.41. The van der Waals surface area contributed by atoms with Gasteiger partial charge in [-0.15, -0.1) is 0 Å². The Hall–Kier alpha value is -1.79. The number of carboxylic acids is 1. The van der Waals surface area contributed by atoms with Gasteiger partial charge in [0.25, 0.3) is 5.91 Å². The molecule has 0 fully saturated rings. The van der Waals surface area contributed by atoms with Crippen molar-refractivity contribution < 1.29 is 19.4 Å². The Morgan fingerprint density at radius 1 is 1.38 bits per heavy atom. The molecule has 1 aromatic rings. The van der Waals surface area contributed by atoms with Gasteiger partial charge in [0.2, 0.25) is 0 Å². The van der Waals surface area contributed by atoms with Crippen molar-refractivity contribution >= 4 is 23.5 Å². The number of carbonyl (C=O) groups is 2. The van der Waals surface area contributed by atoms with Crippen LogP contribution < -0.4 is 15.8 Å². The summed E-state index contributed by atoms with van der Waals surface area (Å²) in [5.41, 5.74) is 5.35. The Morgan fingerprint density at radius 2 is 2.14 bits per heavy atom. The van der Waals surface area contributed by atoms with Crippen molar-refractivity contribution in [2.24, 2.45) is 5.73 Å². The molecule has 21 heavy (non-hydrogen) atoms. The zero-order chi connectivity index (χ0) is 15.7. The number of carbonyl (C=O) groups excluding carboxylic acids is 1. The summed E-state index contributed by atoms with van der Waals surface area (Å²) in [6, 6.07) is 5.70. The maximum atomic E-state index is 11.7. The van der Waals surface area contributed by atoms with Crippen molar-refractivity contribution in [1.82, 2.24) is 5.32 Å². The third-order valence-corrected chi connectivity index (χ3v) is 2.98. The van der Waals surface area contributed by atoms with E-state index >= 15 is 0 Å². The van der Waals surface area contributed by atoms with E-state index in [2.05, 4.69) is 5.32 Å². The topological polar surface area (TPSA) is 102 Å². The van der Waals surface area contributed by atoms with E-state index < -0.39 is 17.9 Å². The minimum Gasteiger partial charge on any atom is -0.484 e. The van der Waals surface area contributed by atoms with Gasteiger partial charge in [0.15, 0.2) is 6.61 Å². The molecule has 7 heteroatoms. The fourth-order valence-corrected chi connectivity index (χ4v) is 1.87. The predicted octanol–water partition coefficient (Wildman–Crippen LogP) is 1.42. The monoisotopic (exact) mass is 314 g/mol. The SMILES string of the molecule is NCCCC[C@H](NC(=O)COc1cccc(Cl)c1)C(=O)O. The first kappa shape index (κ1) is 17.3. The van der Waals surface area contributed by atoms with Crippen LogP contribution in [0.1, 0.15) is 19.3 Å². The van der Waals surface area contributed by atoms with Crippen molar-refractivity contribution in [2.75, 3.05) is 13.2 Å². The molecule has 6 nitrogen and oxygen atoms in total. The lowest BCUT2D eigenvalue weighted by Crippen LogP contribution is -2.43. The molecule has 0 saturated carbocycles. The number of rotatable bonds is 9. The highest BCUT2D eigenvalue weighted by atomic mass is 35.5. The lowest BCUT2D eigenvalue weighted by Gasteiger charge is -2.14. The Bertz CT molecular complexity index is 482. The van der Waals surface area contributed by atoms with Crippen LogP contribution in [-0.2, 0) is 9.59 Å². The van der Waals surface area contributed by atoms with Crippen molar-refractivity contribution in [2.45, 2.75) is 25.3 Å². The molecule has 1 atom stereocenters. The van der Waals surface area contributed by atoms with Crippen molar-refractivity contribution in [1.29, 1.82) is 0 Å². The number of halogens is 1. The molecule has 0 aliphatic carbocycles. The molecular weight excluding hydrogens is 296 g/mol. The van der Waals surface area contributed by atoms with E-state index in [1.807, 2.05) is 0 Å². The van der Waals surface area contributed by atoms with E-state index in [0.29, 0.717) is 30.2 Å². The van der Waals surface area contributed by atoms with Gasteiger partial charge in [0.1, 0.15) is 11.8 Å². The Labute approximate surface area is 128 Å². The average Bonchev–Trinajstić information content (AvgIpc) is 2.44. The molecule has 116 valence electrons. The third-order valence-electron chi connectivity index (χ3n) is 2.75. The minimum absolute atomic E-state index is 0.263. The summed E-state index contributed by atoms with van der Waals surface area (Å²) in [4.78, 5) is 22.7. The van der Waals surface area contributed by atoms with Crippen LogP contribution in [0, 0.1) is 0 Å². The van der Waals surface area contributed by atoms with Gasteiger partial charge in [-0.3, -0.25) is 4.79 Å². The van der Waals surface area contributed by atoms with Gasteiger partial charge in [0, 0.05) is 5.02 Å². The molecule has 0 bridgehead atoms. The molecule has 1 rings (SSSR count). The van der Waals surface area contributed by atoms with Crippen LogP contribution in [0.15, 0.2) is 24.3 Å². The number of aliphatic carboxylic acids is 1. The van der Waals surface area contributed by atoms with Gasteiger partial charge in [-0.05, 0) is 44.0 Å². The van der Waals surface area contributed by atoms with Gasteiger partial charge in [0.05, 0.1) is 0 Å². The number of unbranched alkanes of at least 4 members (excludes halogenated alkanes) is 1. The zero-order valence-electron chi connectivity index (χ0n) is 11.5. The maximum absolute atomic E-state index is 11.7. The summed E-state index contributed by atoms with van der Waals surface area (Å²) in [6.45, 7) is 0.235. The van der Waals surface area contributed by atoms with Crippen LogP contribution in [0.3, 0.4) is 0 Å². The smallest absolute Gasteiger partial charge is 0.326 e. The first-order chi connectivity index (χ1) is 10.0. The summed E-state index contributed by atoms with van der Waals surface area (Å²) in [5, 5.41) is 12.0. The fourth-order valence-electron chi connectivity index (χ4n) is 1.69. The second-order valence-electron chi connectivity index (χ2n) is 4.49. The average molecular weight is 315 g/mol. The standard InChI is InChI=1S/C14H19ClN2O4/c15-10-4-3-5-11(8-10)21-9-13(18)17-12(14(19)20)6-1-2-7-16/h3-5,8,12H,1-2,6-7,9,16H2,(H,17,18)(H,19,20)/t12-/m0/s1. The molecule has 4 N–H and O–H groups in total. The highest BCUT2D eigenvalue weighted by Crippen LogP contribution is 2.16. The van der Waals surface area contributed by atoms with E-state index in [0.717, 1.165) is 6.42 Å². The highest BCUT2D eigenvalue weighted by Gasteiger charge is 2.19. The van der Waals surface area contributed by atoms with Crippen LogP contribution in [0.5, 0.6) is 5.75 Å². The number of hydrogen-bond donors (Lipinski definition) is 3. The minimum atomic E-state index is -1.07. The van der Waals surface area contributed by atoms with Gasteiger partial charge in [-0.25, -0.2) is 4.79 Å². The van der Waals surface area contributed by atoms with Gasteiger partial charge >= 0.3 is 5.97 Å². The lowest BCUT2D eigenvalue weighted by atomic mass is 10.1. The molecule has 0 unspecified atom stereocenters. The van der Waals surface area contributed by atoms with Crippen molar-refractivity contribution in [3.8, 4) is 5.75 Å². The second kappa shape index (κ2) is 9.20. The summed E-state index contributed by atoms with van der Waals surface area (Å²) >= 11 is 5.79. The van der Waals surface area contributed by atoms with Crippen molar-refractivity contribution in [3.05, 3.63) is 29.3 Å². The van der Waals surface area contributed by atoms with E-state index in [1.54, 1.807) is 24.3 Å². The summed E-state index contributed by atoms with van der Waals surface area (Å²) in [6.07, 6.45) is 1.71. The number of benzene rings is 1. The molecule has 1 amide bonds. The molecule has 0 spiro atoms. The summed E-state index contributed by atoms with van der Waals surface area (Å²) in [5.74, 6) is -1.11. The number of ether oxygens (including phenoxy) is 1. The number of nitrogens with two attached hydrogens (primary N) is 1. The molecule has 1 aromatic carbocycles. The molecule has 0 aliphatic rings. The number of carboxylic acid groups (broad SMARTS) is 1. The van der Waals surface area contributed by atoms with Crippen LogP contribution >= 0.6 is 11.6 Å². The zero-order valence-corrected chi connectivity index (χ0v) is 12.3. The summed E-state index contributed by atoms with van der Waals surface area (Å²) < 4.78 is 5.25. The number of hydrogen-bond acceptors (Lipinski definition) is 4. The van der Waals surface area contributed by atoms with E-state index in [-0.39, 0.29) is 6.61 Å². The van der Waals surface area contributed by atoms with Crippen LogP contribution in [0.25, 0.3) is 0 Å². The molecule has 0 saturated heterocycles. The van der Waals surface area contributed by atoms with Crippen LogP contribution in [0.4, 0.5) is 0 Å². The van der Waals surface area contributed by atoms with E-state index in [4.69, 9.17) is 27.2 Å². The van der Waals surface area contributed by atoms with E-state index in [9.17, 15) is 9.59 Å². The largest absolute Gasteiger partial charge is 0.484 e. The van der Waals surface area contributed by atoms with Crippen LogP contribution in [-0.4, -0.2) is 36.2 Å². The molecule has 0 radical (unpaired) electrons. The highest BCUT2D eigenvalue weighted by molar-refractivity contribution is 6.30. The molecule has 0 heterocycles. The second-order valence-corrected chi connectivity index (χ2v) is 4.93.